The number of hydrogen-bond donors (Lipinski definition) is 1. The Hall–Kier alpha value is -3.48. The fourth-order valence-electron chi connectivity index (χ4n) is 4.18. The van der Waals surface area contributed by atoms with Crippen molar-refractivity contribution >= 4 is 5.91 Å². The van der Waals surface area contributed by atoms with Crippen LogP contribution in [0.25, 0.3) is 11.1 Å². The number of rotatable bonds is 7. The maximum Gasteiger partial charge on any atom is 0.257 e. The molecule has 0 aliphatic heterocycles. The number of amides is 1. The molecule has 0 spiro atoms. The fourth-order valence-corrected chi connectivity index (χ4v) is 4.18. The second kappa shape index (κ2) is 9.77. The van der Waals surface area contributed by atoms with Crippen LogP contribution in [0.2, 0.25) is 0 Å². The van der Waals surface area contributed by atoms with E-state index in [9.17, 15) is 4.79 Å². The van der Waals surface area contributed by atoms with E-state index in [4.69, 9.17) is 14.5 Å². The van der Waals surface area contributed by atoms with E-state index in [2.05, 4.69) is 21.4 Å². The highest BCUT2D eigenvalue weighted by atomic mass is 16.5. The third-order valence-corrected chi connectivity index (χ3v) is 5.84. The van der Waals surface area contributed by atoms with Gasteiger partial charge in [-0.15, -0.1) is 0 Å². The van der Waals surface area contributed by atoms with Crippen LogP contribution in [0.3, 0.4) is 0 Å². The molecule has 166 valence electrons. The molecule has 1 aliphatic rings. The zero-order chi connectivity index (χ0) is 22.5. The van der Waals surface area contributed by atoms with Gasteiger partial charge in [-0.3, -0.25) is 14.8 Å². The third-order valence-electron chi connectivity index (χ3n) is 5.84. The maximum absolute atomic E-state index is 13.3. The molecule has 0 saturated heterocycles. The number of pyridine rings is 3. The maximum atomic E-state index is 13.3. The van der Waals surface area contributed by atoms with Crippen LogP contribution < -0.4 is 14.8 Å². The van der Waals surface area contributed by atoms with E-state index in [-0.39, 0.29) is 12.5 Å². The molecule has 0 unspecified atom stereocenters. The number of nitrogens with zero attached hydrogens (tertiary/aromatic N) is 3. The van der Waals surface area contributed by atoms with E-state index < -0.39 is 0 Å². The molecule has 1 N–H and O–H groups in total. The second-order valence-corrected chi connectivity index (χ2v) is 8.09. The lowest BCUT2D eigenvalue weighted by molar-refractivity contribution is 0.0948. The van der Waals surface area contributed by atoms with Gasteiger partial charge in [-0.05, 0) is 49.6 Å². The summed E-state index contributed by atoms with van der Waals surface area (Å²) in [5.74, 6) is 1.11. The highest BCUT2D eigenvalue weighted by Crippen LogP contribution is 2.36. The molecule has 1 saturated carbocycles. The number of methoxy groups -OCH3 is 2. The normalized spacial score (nSPS) is 13.7. The Morgan fingerprint density at radius 1 is 1.06 bits per heavy atom. The first-order valence-corrected chi connectivity index (χ1v) is 10.9. The van der Waals surface area contributed by atoms with Crippen LogP contribution in [0, 0.1) is 6.92 Å². The Morgan fingerprint density at radius 3 is 2.56 bits per heavy atom. The molecular weight excluding hydrogens is 404 g/mol. The van der Waals surface area contributed by atoms with Crippen molar-refractivity contribution in [3.05, 3.63) is 65.4 Å². The molecule has 3 aromatic rings. The van der Waals surface area contributed by atoms with Gasteiger partial charge in [0.15, 0.2) is 5.75 Å². The third kappa shape index (κ3) is 4.72. The van der Waals surface area contributed by atoms with Crippen molar-refractivity contribution in [2.45, 2.75) is 45.1 Å². The molecule has 1 amide bonds. The lowest BCUT2D eigenvalue weighted by atomic mass is 9.95. The standard InChI is InChI=1S/C25H28N4O3/c1-16-10-18(13-26-12-16)19-11-21(23(27-14-19)17-6-4-5-7-17)24(30)28-15-20-8-9-22(31-2)25(29-20)32-3/h8-14,17H,4-7,15H2,1-3H3,(H,28,30). The molecule has 7 heteroatoms. The van der Waals surface area contributed by atoms with Gasteiger partial charge in [-0.25, -0.2) is 4.98 Å². The Labute approximate surface area is 188 Å². The van der Waals surface area contributed by atoms with Gasteiger partial charge in [0.25, 0.3) is 11.8 Å². The quantitative estimate of drug-likeness (QED) is 0.594. The van der Waals surface area contributed by atoms with Gasteiger partial charge in [0, 0.05) is 35.6 Å². The minimum absolute atomic E-state index is 0.154. The first kappa shape index (κ1) is 21.7. The molecule has 0 atom stereocenters. The van der Waals surface area contributed by atoms with E-state index in [1.165, 1.54) is 12.8 Å². The van der Waals surface area contributed by atoms with Crippen LogP contribution in [0.15, 0.2) is 42.9 Å². The van der Waals surface area contributed by atoms with Crippen LogP contribution in [0.5, 0.6) is 11.6 Å². The minimum atomic E-state index is -0.154. The molecule has 7 nitrogen and oxygen atoms in total. The van der Waals surface area contributed by atoms with Crippen molar-refractivity contribution in [3.63, 3.8) is 0 Å². The number of carbonyl (C=O) groups excluding carboxylic acids is 1. The van der Waals surface area contributed by atoms with Gasteiger partial charge >= 0.3 is 0 Å². The largest absolute Gasteiger partial charge is 0.491 e. The fraction of sp³-hybridized carbons (Fsp3) is 0.360. The van der Waals surface area contributed by atoms with Gasteiger partial charge < -0.3 is 14.8 Å². The van der Waals surface area contributed by atoms with Gasteiger partial charge in [0.05, 0.1) is 37.7 Å². The van der Waals surface area contributed by atoms with Crippen LogP contribution in [-0.2, 0) is 6.54 Å². The summed E-state index contributed by atoms with van der Waals surface area (Å²) < 4.78 is 10.5. The predicted molar refractivity (Wildman–Crippen MR) is 122 cm³/mol. The molecule has 0 radical (unpaired) electrons. The minimum Gasteiger partial charge on any atom is -0.491 e. The summed E-state index contributed by atoms with van der Waals surface area (Å²) in [6.45, 7) is 2.28. The molecule has 0 bridgehead atoms. The Morgan fingerprint density at radius 2 is 1.84 bits per heavy atom. The van der Waals surface area contributed by atoms with E-state index in [0.717, 1.165) is 35.2 Å². The number of aromatic nitrogens is 3. The van der Waals surface area contributed by atoms with Crippen LogP contribution in [0.1, 0.15) is 58.9 Å². The van der Waals surface area contributed by atoms with E-state index >= 15 is 0 Å². The molecule has 0 aromatic carbocycles. The summed E-state index contributed by atoms with van der Waals surface area (Å²) in [5.41, 5.74) is 5.09. The summed E-state index contributed by atoms with van der Waals surface area (Å²) in [6.07, 6.45) is 9.95. The number of aryl methyl sites for hydroxylation is 1. The van der Waals surface area contributed by atoms with E-state index in [1.54, 1.807) is 26.5 Å². The molecule has 1 aliphatic carbocycles. The first-order chi connectivity index (χ1) is 15.6. The van der Waals surface area contributed by atoms with Crippen molar-refractivity contribution in [1.29, 1.82) is 0 Å². The zero-order valence-electron chi connectivity index (χ0n) is 18.7. The highest BCUT2D eigenvalue weighted by Gasteiger charge is 2.25. The van der Waals surface area contributed by atoms with Crippen molar-refractivity contribution in [3.8, 4) is 22.8 Å². The summed E-state index contributed by atoms with van der Waals surface area (Å²) in [7, 11) is 3.10. The molecule has 32 heavy (non-hydrogen) atoms. The molecule has 1 fully saturated rings. The van der Waals surface area contributed by atoms with Crippen LogP contribution in [0.4, 0.5) is 0 Å². The lowest BCUT2D eigenvalue weighted by Crippen LogP contribution is -2.25. The lowest BCUT2D eigenvalue weighted by Gasteiger charge is -2.16. The second-order valence-electron chi connectivity index (χ2n) is 8.09. The van der Waals surface area contributed by atoms with Crippen molar-refractivity contribution in [1.82, 2.24) is 20.3 Å². The monoisotopic (exact) mass is 432 g/mol. The molecule has 3 heterocycles. The van der Waals surface area contributed by atoms with Gasteiger partial charge in [0.1, 0.15) is 0 Å². The van der Waals surface area contributed by atoms with Crippen molar-refractivity contribution in [2.24, 2.45) is 0 Å². The molecule has 3 aromatic heterocycles. The SMILES string of the molecule is COc1ccc(CNC(=O)c2cc(-c3cncc(C)c3)cnc2C2CCCC2)nc1OC. The average Bonchev–Trinajstić information content (AvgIpc) is 3.36. The average molecular weight is 433 g/mol. The number of ether oxygens (including phenoxy) is 2. The van der Waals surface area contributed by atoms with Crippen molar-refractivity contribution in [2.75, 3.05) is 14.2 Å². The van der Waals surface area contributed by atoms with Crippen LogP contribution >= 0.6 is 0 Å². The summed E-state index contributed by atoms with van der Waals surface area (Å²) in [5, 5.41) is 3.00. The molecular formula is C25H28N4O3. The Bertz CT molecular complexity index is 1110. The number of hydrogen-bond acceptors (Lipinski definition) is 6. The molecule has 4 rings (SSSR count). The smallest absolute Gasteiger partial charge is 0.257 e. The topological polar surface area (TPSA) is 86.2 Å². The van der Waals surface area contributed by atoms with Crippen LogP contribution in [-0.4, -0.2) is 35.1 Å². The Balaban J connectivity index is 1.61. The Kier molecular flexibility index (Phi) is 6.63. The number of carbonyl (C=O) groups is 1. The zero-order valence-corrected chi connectivity index (χ0v) is 18.7. The summed E-state index contributed by atoms with van der Waals surface area (Å²) >= 11 is 0. The summed E-state index contributed by atoms with van der Waals surface area (Å²) in [6, 6.07) is 7.58. The van der Waals surface area contributed by atoms with Gasteiger partial charge in [0.2, 0.25) is 0 Å². The summed E-state index contributed by atoms with van der Waals surface area (Å²) in [4.78, 5) is 26.7. The van der Waals surface area contributed by atoms with Gasteiger partial charge in [-0.1, -0.05) is 12.8 Å². The van der Waals surface area contributed by atoms with Crippen molar-refractivity contribution < 1.29 is 14.3 Å². The number of nitrogens with one attached hydrogen (secondary N) is 1. The van der Waals surface area contributed by atoms with Gasteiger partial charge in [-0.2, -0.15) is 0 Å². The first-order valence-electron chi connectivity index (χ1n) is 10.9. The highest BCUT2D eigenvalue weighted by molar-refractivity contribution is 5.96. The predicted octanol–water partition coefficient (Wildman–Crippen LogP) is 4.45. The van der Waals surface area contributed by atoms with E-state index in [0.29, 0.717) is 28.8 Å². The van der Waals surface area contributed by atoms with E-state index in [1.807, 2.05) is 31.5 Å².